The lowest BCUT2D eigenvalue weighted by atomic mass is 10.2. The summed E-state index contributed by atoms with van der Waals surface area (Å²) in [6.45, 7) is 0. The molecule has 0 aliphatic heterocycles. The number of carbonyl (C=O) groups excluding carboxylic acids is 1. The number of hydrogen-bond acceptors (Lipinski definition) is 5. The largest absolute Gasteiger partial charge is 0.465 e. The SMILES string of the molecule is COC(=O)c1sc2ccccc2c1[N+](=O)[O-]. The Labute approximate surface area is 94.4 Å². The molecule has 0 bridgehead atoms. The minimum atomic E-state index is -0.673. The predicted molar refractivity (Wildman–Crippen MR) is 59.8 cm³/mol. The number of nitro groups is 1. The summed E-state index contributed by atoms with van der Waals surface area (Å²) in [6, 6.07) is 6.82. The second kappa shape index (κ2) is 3.90. The molecule has 0 aliphatic carbocycles. The fourth-order valence-corrected chi connectivity index (χ4v) is 2.53. The van der Waals surface area contributed by atoms with E-state index in [9.17, 15) is 14.9 Å². The highest BCUT2D eigenvalue weighted by Crippen LogP contribution is 2.37. The zero-order valence-corrected chi connectivity index (χ0v) is 9.11. The molecule has 82 valence electrons. The van der Waals surface area contributed by atoms with Gasteiger partial charge in [-0.05, 0) is 12.1 Å². The van der Waals surface area contributed by atoms with Crippen molar-refractivity contribution in [2.45, 2.75) is 0 Å². The molecule has 2 aromatic rings. The molecule has 1 heterocycles. The van der Waals surface area contributed by atoms with E-state index in [1.807, 2.05) is 0 Å². The van der Waals surface area contributed by atoms with Crippen LogP contribution in [0.1, 0.15) is 9.67 Å². The standard InChI is InChI=1S/C10H7NO4S/c1-15-10(12)9-8(11(13)14)6-4-2-3-5-7(6)16-9/h2-5H,1H3. The first-order valence-corrected chi connectivity index (χ1v) is 5.21. The summed E-state index contributed by atoms with van der Waals surface area (Å²) in [5, 5.41) is 11.4. The summed E-state index contributed by atoms with van der Waals surface area (Å²) in [5.41, 5.74) is -0.174. The van der Waals surface area contributed by atoms with Gasteiger partial charge in [0, 0.05) is 4.70 Å². The van der Waals surface area contributed by atoms with Crippen molar-refractivity contribution in [3.63, 3.8) is 0 Å². The van der Waals surface area contributed by atoms with Crippen LogP contribution in [0.5, 0.6) is 0 Å². The van der Waals surface area contributed by atoms with Gasteiger partial charge in [-0.1, -0.05) is 12.1 Å². The van der Waals surface area contributed by atoms with Crippen LogP contribution in [-0.4, -0.2) is 18.0 Å². The number of nitrogens with zero attached hydrogens (tertiary/aromatic N) is 1. The smallest absolute Gasteiger partial charge is 0.355 e. The van der Waals surface area contributed by atoms with Crippen molar-refractivity contribution in [1.82, 2.24) is 0 Å². The van der Waals surface area contributed by atoms with E-state index in [0.717, 1.165) is 11.3 Å². The lowest BCUT2D eigenvalue weighted by molar-refractivity contribution is -0.383. The number of hydrogen-bond donors (Lipinski definition) is 0. The Balaban J connectivity index is 2.78. The normalized spacial score (nSPS) is 10.3. The molecule has 0 unspecified atom stereocenters. The Kier molecular flexibility index (Phi) is 2.57. The number of carbonyl (C=O) groups is 1. The van der Waals surface area contributed by atoms with E-state index >= 15 is 0 Å². The summed E-state index contributed by atoms with van der Waals surface area (Å²) < 4.78 is 5.23. The van der Waals surface area contributed by atoms with Crippen LogP contribution in [0.3, 0.4) is 0 Å². The van der Waals surface area contributed by atoms with Gasteiger partial charge in [0.15, 0.2) is 4.88 Å². The van der Waals surface area contributed by atoms with Crippen LogP contribution in [-0.2, 0) is 4.74 Å². The number of benzene rings is 1. The Morgan fingerprint density at radius 1 is 1.44 bits per heavy atom. The molecule has 0 atom stereocenters. The molecule has 0 saturated heterocycles. The van der Waals surface area contributed by atoms with E-state index in [1.165, 1.54) is 7.11 Å². The first kappa shape index (κ1) is 10.6. The van der Waals surface area contributed by atoms with E-state index < -0.39 is 10.9 Å². The van der Waals surface area contributed by atoms with Gasteiger partial charge < -0.3 is 4.74 Å². The van der Waals surface area contributed by atoms with Gasteiger partial charge >= 0.3 is 11.7 Å². The minimum Gasteiger partial charge on any atom is -0.465 e. The second-order valence-electron chi connectivity index (χ2n) is 3.02. The van der Waals surface area contributed by atoms with Crippen molar-refractivity contribution in [2.75, 3.05) is 7.11 Å². The summed E-state index contributed by atoms with van der Waals surface area (Å²) in [7, 11) is 1.20. The van der Waals surface area contributed by atoms with E-state index in [1.54, 1.807) is 24.3 Å². The molecule has 1 aromatic heterocycles. The quantitative estimate of drug-likeness (QED) is 0.457. The molecule has 0 N–H and O–H groups in total. The van der Waals surface area contributed by atoms with Gasteiger partial charge in [0.05, 0.1) is 17.4 Å². The lowest BCUT2D eigenvalue weighted by Crippen LogP contribution is -2.01. The maximum atomic E-state index is 11.4. The molecular weight excluding hydrogens is 230 g/mol. The second-order valence-corrected chi connectivity index (χ2v) is 4.08. The number of fused-ring (bicyclic) bond motifs is 1. The average Bonchev–Trinajstić information content (AvgIpc) is 2.67. The Bertz CT molecular complexity index is 575. The van der Waals surface area contributed by atoms with Gasteiger partial charge in [-0.2, -0.15) is 0 Å². The number of thiophene rings is 1. The van der Waals surface area contributed by atoms with Crippen molar-refractivity contribution < 1.29 is 14.5 Å². The van der Waals surface area contributed by atoms with Crippen LogP contribution in [0.25, 0.3) is 10.1 Å². The van der Waals surface area contributed by atoms with Gasteiger partial charge in [-0.25, -0.2) is 4.79 Å². The molecule has 1 aromatic carbocycles. The molecule has 2 rings (SSSR count). The van der Waals surface area contributed by atoms with Crippen molar-refractivity contribution in [2.24, 2.45) is 0 Å². The summed E-state index contributed by atoms with van der Waals surface area (Å²) >= 11 is 1.07. The van der Waals surface area contributed by atoms with Gasteiger partial charge in [0.25, 0.3) is 0 Å². The van der Waals surface area contributed by atoms with Crippen LogP contribution in [0.15, 0.2) is 24.3 Å². The van der Waals surface area contributed by atoms with E-state index in [4.69, 9.17) is 0 Å². The zero-order chi connectivity index (χ0) is 11.7. The third kappa shape index (κ3) is 1.53. The van der Waals surface area contributed by atoms with Crippen LogP contribution in [0.4, 0.5) is 5.69 Å². The predicted octanol–water partition coefficient (Wildman–Crippen LogP) is 2.60. The van der Waals surface area contributed by atoms with Gasteiger partial charge in [-0.15, -0.1) is 11.3 Å². The van der Waals surface area contributed by atoms with E-state index in [2.05, 4.69) is 4.74 Å². The molecule has 0 saturated carbocycles. The molecule has 0 aliphatic rings. The van der Waals surface area contributed by atoms with Crippen LogP contribution in [0.2, 0.25) is 0 Å². The molecule has 0 radical (unpaired) electrons. The lowest BCUT2D eigenvalue weighted by Gasteiger charge is -1.94. The third-order valence-corrected chi connectivity index (χ3v) is 3.26. The third-order valence-electron chi connectivity index (χ3n) is 2.12. The number of esters is 1. The highest BCUT2D eigenvalue weighted by Gasteiger charge is 2.27. The Morgan fingerprint density at radius 3 is 2.75 bits per heavy atom. The molecular formula is C10H7NO4S. The monoisotopic (exact) mass is 237 g/mol. The van der Waals surface area contributed by atoms with Crippen molar-refractivity contribution in [3.8, 4) is 0 Å². The zero-order valence-electron chi connectivity index (χ0n) is 8.30. The highest BCUT2D eigenvalue weighted by molar-refractivity contribution is 7.21. The molecule has 16 heavy (non-hydrogen) atoms. The van der Waals surface area contributed by atoms with Crippen molar-refractivity contribution in [3.05, 3.63) is 39.3 Å². The summed E-state index contributed by atoms with van der Waals surface area (Å²) in [4.78, 5) is 21.8. The van der Waals surface area contributed by atoms with Gasteiger partial charge in [-0.3, -0.25) is 10.1 Å². The first-order chi connectivity index (χ1) is 7.65. The highest BCUT2D eigenvalue weighted by atomic mass is 32.1. The number of rotatable bonds is 2. The molecule has 5 nitrogen and oxygen atoms in total. The fraction of sp³-hybridized carbons (Fsp3) is 0.100. The maximum absolute atomic E-state index is 11.4. The van der Waals surface area contributed by atoms with Crippen LogP contribution < -0.4 is 0 Å². The Morgan fingerprint density at radius 2 is 2.12 bits per heavy atom. The molecule has 0 amide bonds. The van der Waals surface area contributed by atoms with E-state index in [-0.39, 0.29) is 10.6 Å². The van der Waals surface area contributed by atoms with E-state index in [0.29, 0.717) is 10.1 Å². The van der Waals surface area contributed by atoms with Crippen molar-refractivity contribution >= 4 is 33.1 Å². The number of methoxy groups -OCH3 is 1. The molecule has 0 spiro atoms. The minimum absolute atomic E-state index is 0.0358. The topological polar surface area (TPSA) is 69.4 Å². The fourth-order valence-electron chi connectivity index (χ4n) is 1.44. The van der Waals surface area contributed by atoms with Crippen molar-refractivity contribution in [1.29, 1.82) is 0 Å². The molecule has 0 fully saturated rings. The number of ether oxygens (including phenoxy) is 1. The van der Waals surface area contributed by atoms with Crippen LogP contribution in [0, 0.1) is 10.1 Å². The average molecular weight is 237 g/mol. The van der Waals surface area contributed by atoms with Gasteiger partial charge in [0.1, 0.15) is 0 Å². The Hall–Kier alpha value is -1.95. The van der Waals surface area contributed by atoms with Crippen LogP contribution >= 0.6 is 11.3 Å². The first-order valence-electron chi connectivity index (χ1n) is 4.39. The summed E-state index contributed by atoms with van der Waals surface area (Å²) in [5.74, 6) is -0.673. The summed E-state index contributed by atoms with van der Waals surface area (Å²) in [6.07, 6.45) is 0. The molecule has 6 heteroatoms. The van der Waals surface area contributed by atoms with Gasteiger partial charge in [0.2, 0.25) is 0 Å². The maximum Gasteiger partial charge on any atom is 0.355 e.